The highest BCUT2D eigenvalue weighted by molar-refractivity contribution is 6.34. The van der Waals surface area contributed by atoms with Crippen molar-refractivity contribution in [1.82, 2.24) is 4.90 Å². The number of carbonyl (C=O) groups is 2. The molecule has 1 fully saturated rings. The Labute approximate surface area is 184 Å². The van der Waals surface area contributed by atoms with Crippen LogP contribution in [0.25, 0.3) is 0 Å². The van der Waals surface area contributed by atoms with Gasteiger partial charge in [0.2, 0.25) is 5.91 Å². The molecule has 1 N–H and O–H groups in total. The Kier molecular flexibility index (Phi) is 7.03. The van der Waals surface area contributed by atoms with Crippen LogP contribution in [0.2, 0.25) is 5.02 Å². The second-order valence-electron chi connectivity index (χ2n) is 8.17. The van der Waals surface area contributed by atoms with Crippen LogP contribution in [0.5, 0.6) is 0 Å². The van der Waals surface area contributed by atoms with Crippen molar-refractivity contribution in [3.63, 3.8) is 0 Å². The Morgan fingerprint density at radius 2 is 1.87 bits per heavy atom. The van der Waals surface area contributed by atoms with Crippen LogP contribution in [0.1, 0.15) is 49.0 Å². The lowest BCUT2D eigenvalue weighted by Gasteiger charge is -2.31. The molecule has 1 aliphatic carbocycles. The van der Waals surface area contributed by atoms with E-state index >= 15 is 0 Å². The van der Waals surface area contributed by atoms with Crippen LogP contribution in [0.3, 0.4) is 0 Å². The van der Waals surface area contributed by atoms with E-state index in [0.29, 0.717) is 22.8 Å². The highest BCUT2D eigenvalue weighted by atomic mass is 35.5. The minimum absolute atomic E-state index is 0.162. The average Bonchev–Trinajstić information content (AvgIpc) is 3.56. The van der Waals surface area contributed by atoms with Gasteiger partial charge < -0.3 is 15.1 Å². The molecule has 0 spiro atoms. The Hall–Kier alpha value is -2.53. The maximum atomic E-state index is 12.9. The van der Waals surface area contributed by atoms with Crippen LogP contribution in [0.15, 0.2) is 42.5 Å². The first-order valence-corrected chi connectivity index (χ1v) is 10.9. The van der Waals surface area contributed by atoms with E-state index in [9.17, 15) is 9.59 Å². The molecule has 0 bridgehead atoms. The van der Waals surface area contributed by atoms with Gasteiger partial charge in [-0.15, -0.1) is 0 Å². The van der Waals surface area contributed by atoms with Crippen LogP contribution < -0.4 is 10.2 Å². The first-order valence-electron chi connectivity index (χ1n) is 10.5. The molecule has 0 heterocycles. The number of amides is 2. The molecule has 2 aromatic rings. The highest BCUT2D eigenvalue weighted by Crippen LogP contribution is 2.34. The molecule has 1 saturated carbocycles. The third-order valence-electron chi connectivity index (χ3n) is 5.61. The number of halogens is 1. The molecule has 0 radical (unpaired) electrons. The van der Waals surface area contributed by atoms with Gasteiger partial charge in [0.25, 0.3) is 5.91 Å². The molecule has 160 valence electrons. The van der Waals surface area contributed by atoms with Crippen molar-refractivity contribution >= 4 is 34.8 Å². The number of carbonyl (C=O) groups excluding carboxylic acids is 2. The van der Waals surface area contributed by atoms with Gasteiger partial charge in [0, 0.05) is 44.0 Å². The van der Waals surface area contributed by atoms with Crippen LogP contribution in [0.4, 0.5) is 11.4 Å². The van der Waals surface area contributed by atoms with Gasteiger partial charge in [-0.1, -0.05) is 30.7 Å². The molecular formula is C24H30ClN3O2. The van der Waals surface area contributed by atoms with E-state index < -0.39 is 0 Å². The normalized spacial score (nSPS) is 14.2. The Morgan fingerprint density at radius 3 is 2.47 bits per heavy atom. The van der Waals surface area contributed by atoms with Crippen LogP contribution in [0, 0.1) is 5.92 Å². The fraction of sp³-hybridized carbons (Fsp3) is 0.417. The van der Waals surface area contributed by atoms with Crippen LogP contribution in [-0.2, 0) is 11.3 Å². The van der Waals surface area contributed by atoms with Gasteiger partial charge in [0.1, 0.15) is 0 Å². The molecule has 0 aliphatic heterocycles. The summed E-state index contributed by atoms with van der Waals surface area (Å²) in [6.07, 6.45) is 2.87. The molecule has 0 aromatic heterocycles. The summed E-state index contributed by atoms with van der Waals surface area (Å²) in [7, 11) is 3.97. The van der Waals surface area contributed by atoms with Gasteiger partial charge in [-0.05, 0) is 62.1 Å². The third-order valence-corrected chi connectivity index (χ3v) is 5.94. The Balaban J connectivity index is 1.87. The zero-order valence-corrected chi connectivity index (χ0v) is 18.9. The number of benzene rings is 2. The molecule has 0 saturated heterocycles. The second-order valence-corrected chi connectivity index (χ2v) is 8.58. The molecular weight excluding hydrogens is 398 g/mol. The largest absolute Gasteiger partial charge is 0.377 e. The predicted molar refractivity (Wildman–Crippen MR) is 123 cm³/mol. The van der Waals surface area contributed by atoms with E-state index in [1.54, 1.807) is 24.3 Å². The van der Waals surface area contributed by atoms with Gasteiger partial charge in [0.15, 0.2) is 0 Å². The van der Waals surface area contributed by atoms with E-state index in [1.807, 2.05) is 42.1 Å². The average molecular weight is 428 g/mol. The first kappa shape index (κ1) is 22.2. The second kappa shape index (κ2) is 9.52. The van der Waals surface area contributed by atoms with Crippen molar-refractivity contribution in [3.8, 4) is 0 Å². The molecule has 30 heavy (non-hydrogen) atoms. The number of nitrogens with one attached hydrogen (secondary N) is 1. The summed E-state index contributed by atoms with van der Waals surface area (Å²) >= 11 is 6.16. The maximum absolute atomic E-state index is 12.9. The SMILES string of the molecule is CC[C@@H](C)N(Cc1cc(NC(=O)c2ccccc2Cl)ccc1N(C)C)C(=O)C1CC1. The number of rotatable bonds is 8. The summed E-state index contributed by atoms with van der Waals surface area (Å²) in [5.41, 5.74) is 3.15. The first-order chi connectivity index (χ1) is 14.3. The molecule has 0 unspecified atom stereocenters. The van der Waals surface area contributed by atoms with Crippen molar-refractivity contribution < 1.29 is 9.59 Å². The van der Waals surface area contributed by atoms with Gasteiger partial charge in [-0.2, -0.15) is 0 Å². The van der Waals surface area contributed by atoms with E-state index in [0.717, 1.165) is 30.5 Å². The predicted octanol–water partition coefficient (Wildman–Crippen LogP) is 5.20. The lowest BCUT2D eigenvalue weighted by Crippen LogP contribution is -2.39. The minimum Gasteiger partial charge on any atom is -0.377 e. The molecule has 1 atom stereocenters. The van der Waals surface area contributed by atoms with Gasteiger partial charge >= 0.3 is 0 Å². The van der Waals surface area contributed by atoms with E-state index in [1.165, 1.54) is 0 Å². The van der Waals surface area contributed by atoms with Crippen LogP contribution >= 0.6 is 11.6 Å². The number of anilines is 2. The van der Waals surface area contributed by atoms with Crippen molar-refractivity contribution in [2.24, 2.45) is 5.92 Å². The molecule has 2 aromatic carbocycles. The Bertz CT molecular complexity index is 924. The summed E-state index contributed by atoms with van der Waals surface area (Å²) < 4.78 is 0. The highest BCUT2D eigenvalue weighted by Gasteiger charge is 2.35. The molecule has 2 amide bonds. The number of hydrogen-bond donors (Lipinski definition) is 1. The maximum Gasteiger partial charge on any atom is 0.257 e. The Morgan fingerprint density at radius 1 is 1.17 bits per heavy atom. The molecule has 1 aliphatic rings. The number of nitrogens with zero attached hydrogens (tertiary/aromatic N) is 2. The third kappa shape index (κ3) is 5.14. The summed E-state index contributed by atoms with van der Waals surface area (Å²) in [5, 5.41) is 3.36. The zero-order chi connectivity index (χ0) is 21.8. The molecule has 5 nitrogen and oxygen atoms in total. The monoisotopic (exact) mass is 427 g/mol. The van der Waals surface area contributed by atoms with E-state index in [4.69, 9.17) is 11.6 Å². The zero-order valence-electron chi connectivity index (χ0n) is 18.1. The minimum atomic E-state index is -0.253. The van der Waals surface area contributed by atoms with Crippen molar-refractivity contribution in [3.05, 3.63) is 58.6 Å². The topological polar surface area (TPSA) is 52.7 Å². The van der Waals surface area contributed by atoms with Crippen molar-refractivity contribution in [1.29, 1.82) is 0 Å². The van der Waals surface area contributed by atoms with Crippen molar-refractivity contribution in [2.75, 3.05) is 24.3 Å². The lowest BCUT2D eigenvalue weighted by atomic mass is 10.1. The molecule has 6 heteroatoms. The van der Waals surface area contributed by atoms with Gasteiger partial charge in [0.05, 0.1) is 10.6 Å². The smallest absolute Gasteiger partial charge is 0.257 e. The summed E-state index contributed by atoms with van der Waals surface area (Å²) in [6.45, 7) is 4.72. The summed E-state index contributed by atoms with van der Waals surface area (Å²) in [4.78, 5) is 29.6. The quantitative estimate of drug-likeness (QED) is 0.630. The molecule has 3 rings (SSSR count). The standard InChI is InChI=1S/C24H30ClN3O2/c1-5-16(2)28(24(30)17-10-11-17)15-18-14-19(12-13-22(18)27(3)4)26-23(29)20-8-6-7-9-21(20)25/h6-9,12-14,16-17H,5,10-11,15H2,1-4H3,(H,26,29)/t16-/m1/s1. The van der Waals surface area contributed by atoms with Gasteiger partial charge in [-0.3, -0.25) is 9.59 Å². The van der Waals surface area contributed by atoms with E-state index in [2.05, 4.69) is 19.2 Å². The summed E-state index contributed by atoms with van der Waals surface area (Å²) in [5.74, 6) is 0.154. The number of hydrogen-bond acceptors (Lipinski definition) is 3. The fourth-order valence-corrected chi connectivity index (χ4v) is 3.71. The fourth-order valence-electron chi connectivity index (χ4n) is 3.49. The van der Waals surface area contributed by atoms with Gasteiger partial charge in [-0.25, -0.2) is 0 Å². The van der Waals surface area contributed by atoms with E-state index in [-0.39, 0.29) is 23.8 Å². The lowest BCUT2D eigenvalue weighted by molar-refractivity contribution is -0.135. The van der Waals surface area contributed by atoms with Crippen LogP contribution in [-0.4, -0.2) is 36.9 Å². The summed E-state index contributed by atoms with van der Waals surface area (Å²) in [6, 6.07) is 13.0. The van der Waals surface area contributed by atoms with Crippen molar-refractivity contribution in [2.45, 2.75) is 45.7 Å².